The maximum absolute atomic E-state index is 5.52. The highest BCUT2D eigenvalue weighted by Crippen LogP contribution is 2.10. The molecule has 22 heavy (non-hydrogen) atoms. The summed E-state index contributed by atoms with van der Waals surface area (Å²) in [7, 11) is 0. The summed E-state index contributed by atoms with van der Waals surface area (Å²) in [6, 6.07) is 10.3. The van der Waals surface area contributed by atoms with Crippen LogP contribution in [0.25, 0.3) is 0 Å². The fraction of sp³-hybridized carbons (Fsp3) is 0.467. The summed E-state index contributed by atoms with van der Waals surface area (Å²) < 4.78 is 5.52. The van der Waals surface area contributed by atoms with Gasteiger partial charge in [-0.25, -0.2) is 0 Å². The number of thiocarbonyl (C=S) groups is 2. The quantitative estimate of drug-likeness (QED) is 0.476. The Balaban J connectivity index is 1.52. The lowest BCUT2D eigenvalue weighted by molar-refractivity contribution is 0.114. The summed E-state index contributed by atoms with van der Waals surface area (Å²) in [4.78, 5) is 0. The molecular weight excluding hydrogens is 316 g/mol. The topological polar surface area (TPSA) is 57.3 Å². The van der Waals surface area contributed by atoms with Gasteiger partial charge < -0.3 is 15.4 Å². The maximum Gasteiger partial charge on any atom is 0.185 e. The Labute approximate surface area is 142 Å². The lowest BCUT2D eigenvalue weighted by Crippen LogP contribution is -2.51. The van der Waals surface area contributed by atoms with Crippen molar-refractivity contribution in [2.24, 2.45) is 0 Å². The van der Waals surface area contributed by atoms with Crippen LogP contribution in [0.1, 0.15) is 18.4 Å². The minimum absolute atomic E-state index is 0.260. The van der Waals surface area contributed by atoms with E-state index in [1.807, 2.05) is 18.2 Å². The molecule has 7 heteroatoms. The third-order valence-corrected chi connectivity index (χ3v) is 3.84. The molecule has 1 aromatic rings. The molecule has 5 nitrogen and oxygen atoms in total. The van der Waals surface area contributed by atoms with Crippen LogP contribution in [0.4, 0.5) is 0 Å². The van der Waals surface area contributed by atoms with Crippen molar-refractivity contribution in [1.82, 2.24) is 21.5 Å². The van der Waals surface area contributed by atoms with Gasteiger partial charge in [0, 0.05) is 19.7 Å². The highest BCUT2D eigenvalue weighted by Gasteiger charge is 2.15. The molecule has 1 atom stereocenters. The van der Waals surface area contributed by atoms with E-state index in [0.717, 1.165) is 39.0 Å². The second-order valence-electron chi connectivity index (χ2n) is 5.09. The first-order valence-electron chi connectivity index (χ1n) is 7.47. The molecule has 1 aromatic carbocycles. The van der Waals surface area contributed by atoms with Gasteiger partial charge in [0.15, 0.2) is 10.2 Å². The summed E-state index contributed by atoms with van der Waals surface area (Å²) in [5, 5.41) is 7.28. The van der Waals surface area contributed by atoms with Crippen LogP contribution in [0.5, 0.6) is 0 Å². The second-order valence-corrected chi connectivity index (χ2v) is 5.90. The maximum atomic E-state index is 5.52. The lowest BCUT2D eigenvalue weighted by Gasteiger charge is -2.16. The summed E-state index contributed by atoms with van der Waals surface area (Å²) >= 11 is 10.4. The number of hydrogen-bond acceptors (Lipinski definition) is 3. The highest BCUT2D eigenvalue weighted by atomic mass is 32.1. The molecule has 0 amide bonds. The number of ether oxygens (including phenoxy) is 1. The van der Waals surface area contributed by atoms with E-state index in [4.69, 9.17) is 29.2 Å². The molecule has 4 N–H and O–H groups in total. The van der Waals surface area contributed by atoms with Crippen molar-refractivity contribution in [2.45, 2.75) is 25.4 Å². The Bertz CT molecular complexity index is 478. The fourth-order valence-electron chi connectivity index (χ4n) is 2.18. The van der Waals surface area contributed by atoms with Gasteiger partial charge in [0.25, 0.3) is 0 Å². The molecule has 120 valence electrons. The third kappa shape index (κ3) is 6.55. The van der Waals surface area contributed by atoms with Gasteiger partial charge in [0.1, 0.15) is 0 Å². The van der Waals surface area contributed by atoms with E-state index < -0.39 is 0 Å². The second kappa shape index (κ2) is 9.55. The van der Waals surface area contributed by atoms with Crippen molar-refractivity contribution in [3.63, 3.8) is 0 Å². The van der Waals surface area contributed by atoms with Crippen molar-refractivity contribution >= 4 is 34.7 Å². The SMILES string of the molecule is S=C(NCCc1ccccc1)NNC(=S)NC[C@@H]1CCCO1. The molecule has 0 spiro atoms. The molecule has 0 bridgehead atoms. The van der Waals surface area contributed by atoms with E-state index in [1.54, 1.807) is 0 Å². The minimum Gasteiger partial charge on any atom is -0.376 e. The van der Waals surface area contributed by atoms with Crippen molar-refractivity contribution in [3.05, 3.63) is 35.9 Å². The van der Waals surface area contributed by atoms with Gasteiger partial charge in [-0.2, -0.15) is 0 Å². The average molecular weight is 339 g/mol. The van der Waals surface area contributed by atoms with Crippen molar-refractivity contribution in [3.8, 4) is 0 Å². The van der Waals surface area contributed by atoms with Crippen LogP contribution in [0.15, 0.2) is 30.3 Å². The van der Waals surface area contributed by atoms with Crippen LogP contribution in [0, 0.1) is 0 Å². The summed E-state index contributed by atoms with van der Waals surface area (Å²) in [5.74, 6) is 0. The molecule has 1 aliphatic heterocycles. The van der Waals surface area contributed by atoms with Gasteiger partial charge in [0.2, 0.25) is 0 Å². The standard InChI is InChI=1S/C15H22N4OS2/c21-14(16-9-8-12-5-2-1-3-6-12)18-19-15(22)17-11-13-7-4-10-20-13/h1-3,5-6,13H,4,7-11H2,(H2,16,18,21)(H2,17,19,22)/t13-/m0/s1. The molecule has 1 heterocycles. The van der Waals surface area contributed by atoms with Gasteiger partial charge in [-0.3, -0.25) is 10.9 Å². The Kier molecular flexibility index (Phi) is 7.35. The smallest absolute Gasteiger partial charge is 0.185 e. The largest absolute Gasteiger partial charge is 0.376 e. The van der Waals surface area contributed by atoms with Crippen LogP contribution in [-0.4, -0.2) is 36.0 Å². The molecule has 0 saturated carbocycles. The van der Waals surface area contributed by atoms with Crippen LogP contribution in [-0.2, 0) is 11.2 Å². The molecule has 1 aliphatic rings. The Morgan fingerprint density at radius 3 is 2.50 bits per heavy atom. The van der Waals surface area contributed by atoms with Gasteiger partial charge in [-0.05, 0) is 49.3 Å². The zero-order chi connectivity index (χ0) is 15.6. The van der Waals surface area contributed by atoms with E-state index in [9.17, 15) is 0 Å². The first kappa shape index (κ1) is 16.9. The van der Waals surface area contributed by atoms with Crippen LogP contribution >= 0.6 is 24.4 Å². The molecule has 2 rings (SSSR count). The van der Waals surface area contributed by atoms with Gasteiger partial charge >= 0.3 is 0 Å². The van der Waals surface area contributed by atoms with Crippen molar-refractivity contribution < 1.29 is 4.74 Å². The molecular formula is C15H22N4OS2. The predicted molar refractivity (Wildman–Crippen MR) is 96.6 cm³/mol. The molecule has 1 fully saturated rings. The van der Waals surface area contributed by atoms with Gasteiger partial charge in [-0.1, -0.05) is 30.3 Å². The molecule has 0 aliphatic carbocycles. The fourth-order valence-corrected chi connectivity index (χ4v) is 2.47. The number of nitrogens with one attached hydrogen (secondary N) is 4. The normalized spacial score (nSPS) is 16.8. The van der Waals surface area contributed by atoms with Gasteiger partial charge in [0.05, 0.1) is 6.10 Å². The Morgan fingerprint density at radius 2 is 1.82 bits per heavy atom. The summed E-state index contributed by atoms with van der Waals surface area (Å²) in [5.41, 5.74) is 7.01. The molecule has 0 unspecified atom stereocenters. The van der Waals surface area contributed by atoms with E-state index in [-0.39, 0.29) is 6.10 Å². The third-order valence-electron chi connectivity index (χ3n) is 3.35. The van der Waals surface area contributed by atoms with Crippen LogP contribution in [0.2, 0.25) is 0 Å². The zero-order valence-corrected chi connectivity index (χ0v) is 14.1. The number of hydrogen-bond donors (Lipinski definition) is 4. The first-order chi connectivity index (χ1) is 10.7. The van der Waals surface area contributed by atoms with Crippen LogP contribution < -0.4 is 21.5 Å². The van der Waals surface area contributed by atoms with Crippen molar-refractivity contribution in [1.29, 1.82) is 0 Å². The average Bonchev–Trinajstić information content (AvgIpc) is 3.05. The van der Waals surface area contributed by atoms with E-state index >= 15 is 0 Å². The highest BCUT2D eigenvalue weighted by molar-refractivity contribution is 7.80. The minimum atomic E-state index is 0.260. The van der Waals surface area contributed by atoms with E-state index in [2.05, 4.69) is 33.6 Å². The Morgan fingerprint density at radius 1 is 1.09 bits per heavy atom. The molecule has 0 radical (unpaired) electrons. The van der Waals surface area contributed by atoms with Crippen LogP contribution in [0.3, 0.4) is 0 Å². The first-order valence-corrected chi connectivity index (χ1v) is 8.29. The summed E-state index contributed by atoms with van der Waals surface area (Å²) in [6.07, 6.45) is 3.39. The molecule has 0 aromatic heterocycles. The zero-order valence-electron chi connectivity index (χ0n) is 12.4. The van der Waals surface area contributed by atoms with Crippen molar-refractivity contribution in [2.75, 3.05) is 19.7 Å². The number of benzene rings is 1. The monoisotopic (exact) mass is 338 g/mol. The number of hydrazine groups is 1. The number of rotatable bonds is 5. The van der Waals surface area contributed by atoms with E-state index in [1.165, 1.54) is 5.56 Å². The van der Waals surface area contributed by atoms with E-state index in [0.29, 0.717) is 10.2 Å². The van der Waals surface area contributed by atoms with Gasteiger partial charge in [-0.15, -0.1) is 0 Å². The lowest BCUT2D eigenvalue weighted by atomic mass is 10.1. The summed E-state index contributed by atoms with van der Waals surface area (Å²) in [6.45, 7) is 2.34. The predicted octanol–water partition coefficient (Wildman–Crippen LogP) is 1.25. The Hall–Kier alpha value is -1.44. The molecule has 1 saturated heterocycles.